The van der Waals surface area contributed by atoms with Crippen molar-refractivity contribution in [3.05, 3.63) is 29.8 Å². The maximum Gasteiger partial charge on any atom is 0.0666 e. The summed E-state index contributed by atoms with van der Waals surface area (Å²) in [4.78, 5) is 2.24. The highest BCUT2D eigenvalue weighted by atomic mass is 15.1. The van der Waals surface area contributed by atoms with Crippen molar-refractivity contribution in [2.45, 2.75) is 20.4 Å². The molecule has 0 aliphatic carbocycles. The van der Waals surface area contributed by atoms with Crippen molar-refractivity contribution in [1.82, 2.24) is 4.90 Å². The van der Waals surface area contributed by atoms with Crippen LogP contribution in [0.4, 0.5) is 5.69 Å². The number of nitrogen functional groups attached to an aromatic ring is 1. The van der Waals surface area contributed by atoms with Gasteiger partial charge in [-0.05, 0) is 25.1 Å². The molecule has 0 saturated carbocycles. The molecule has 3 heteroatoms. The number of nitrogens with zero attached hydrogens (tertiary/aromatic N) is 2. The van der Waals surface area contributed by atoms with Gasteiger partial charge in [0, 0.05) is 18.8 Å². The Morgan fingerprint density at radius 1 is 1.44 bits per heavy atom. The first-order valence-corrected chi connectivity index (χ1v) is 5.62. The van der Waals surface area contributed by atoms with Gasteiger partial charge in [0.25, 0.3) is 0 Å². The van der Waals surface area contributed by atoms with Gasteiger partial charge in [0.05, 0.1) is 12.0 Å². The first-order chi connectivity index (χ1) is 7.67. The zero-order valence-electron chi connectivity index (χ0n) is 9.98. The molecular formula is C13H19N3. The molecule has 0 heterocycles. The second-order valence-electron chi connectivity index (χ2n) is 4.06. The van der Waals surface area contributed by atoms with Crippen LogP contribution in [0.25, 0.3) is 0 Å². The molecule has 0 aromatic heterocycles. The van der Waals surface area contributed by atoms with Gasteiger partial charge in [-0.25, -0.2) is 0 Å². The molecule has 0 bridgehead atoms. The average molecular weight is 217 g/mol. The van der Waals surface area contributed by atoms with Crippen LogP contribution in [-0.4, -0.2) is 18.0 Å². The number of hydrogen-bond donors (Lipinski definition) is 1. The number of para-hydroxylation sites is 1. The van der Waals surface area contributed by atoms with Crippen molar-refractivity contribution in [1.29, 1.82) is 5.26 Å². The third-order valence-corrected chi connectivity index (χ3v) is 2.65. The number of rotatable bonds is 5. The summed E-state index contributed by atoms with van der Waals surface area (Å²) in [6.07, 6.45) is 0. The minimum atomic E-state index is 0.0601. The third kappa shape index (κ3) is 3.56. The summed E-state index contributed by atoms with van der Waals surface area (Å²) in [5.41, 5.74) is 7.85. The van der Waals surface area contributed by atoms with Crippen LogP contribution < -0.4 is 5.73 Å². The number of nitrogens with two attached hydrogens (primary N) is 1. The Morgan fingerprint density at radius 2 is 2.12 bits per heavy atom. The smallest absolute Gasteiger partial charge is 0.0666 e. The summed E-state index contributed by atoms with van der Waals surface area (Å²) in [6.45, 7) is 6.58. The van der Waals surface area contributed by atoms with E-state index in [4.69, 9.17) is 11.0 Å². The van der Waals surface area contributed by atoms with Crippen LogP contribution >= 0.6 is 0 Å². The van der Waals surface area contributed by atoms with E-state index in [0.29, 0.717) is 0 Å². The van der Waals surface area contributed by atoms with E-state index in [1.54, 1.807) is 0 Å². The van der Waals surface area contributed by atoms with Crippen LogP contribution in [0, 0.1) is 17.2 Å². The molecule has 1 aromatic rings. The van der Waals surface area contributed by atoms with Crippen molar-refractivity contribution in [2.24, 2.45) is 5.92 Å². The van der Waals surface area contributed by atoms with Gasteiger partial charge in [-0.2, -0.15) is 5.26 Å². The highest BCUT2D eigenvalue weighted by Gasteiger charge is 2.09. The average Bonchev–Trinajstić information content (AvgIpc) is 2.30. The fourth-order valence-corrected chi connectivity index (χ4v) is 1.65. The van der Waals surface area contributed by atoms with E-state index >= 15 is 0 Å². The monoisotopic (exact) mass is 217 g/mol. The standard InChI is InChI=1S/C13H19N3/c1-3-16(9-11(2)8-14)10-12-6-4-5-7-13(12)15/h4-7,11H,3,9-10,15H2,1-2H3. The quantitative estimate of drug-likeness (QED) is 0.770. The lowest BCUT2D eigenvalue weighted by atomic mass is 10.1. The predicted octanol–water partition coefficient (Wildman–Crippen LogP) is 2.25. The number of nitriles is 1. The molecule has 0 aliphatic rings. The van der Waals surface area contributed by atoms with E-state index in [0.717, 1.165) is 30.9 Å². The Balaban J connectivity index is 2.64. The normalized spacial score (nSPS) is 12.4. The lowest BCUT2D eigenvalue weighted by molar-refractivity contribution is 0.261. The summed E-state index contributed by atoms with van der Waals surface area (Å²) in [5.74, 6) is 0.0601. The maximum atomic E-state index is 8.80. The van der Waals surface area contributed by atoms with Crippen molar-refractivity contribution in [2.75, 3.05) is 18.8 Å². The van der Waals surface area contributed by atoms with Crippen molar-refractivity contribution in [3.63, 3.8) is 0 Å². The van der Waals surface area contributed by atoms with Crippen LogP contribution in [0.5, 0.6) is 0 Å². The van der Waals surface area contributed by atoms with Gasteiger partial charge in [-0.1, -0.05) is 25.1 Å². The zero-order chi connectivity index (χ0) is 12.0. The highest BCUT2D eigenvalue weighted by molar-refractivity contribution is 5.46. The van der Waals surface area contributed by atoms with Gasteiger partial charge in [-0.3, -0.25) is 4.90 Å². The first-order valence-electron chi connectivity index (χ1n) is 5.62. The van der Waals surface area contributed by atoms with Crippen molar-refractivity contribution >= 4 is 5.69 Å². The summed E-state index contributed by atoms with van der Waals surface area (Å²) >= 11 is 0. The molecule has 0 fully saturated rings. The lowest BCUT2D eigenvalue weighted by Gasteiger charge is -2.22. The van der Waals surface area contributed by atoms with Crippen LogP contribution in [0.1, 0.15) is 19.4 Å². The van der Waals surface area contributed by atoms with Crippen LogP contribution in [-0.2, 0) is 6.54 Å². The SMILES string of the molecule is CCN(Cc1ccccc1N)CC(C)C#N. The molecule has 16 heavy (non-hydrogen) atoms. The molecule has 3 nitrogen and oxygen atoms in total. The van der Waals surface area contributed by atoms with Gasteiger partial charge in [0.2, 0.25) is 0 Å². The molecule has 0 amide bonds. The van der Waals surface area contributed by atoms with E-state index in [9.17, 15) is 0 Å². The minimum Gasteiger partial charge on any atom is -0.398 e. The molecule has 0 saturated heterocycles. The second kappa shape index (κ2) is 6.14. The Morgan fingerprint density at radius 3 is 2.69 bits per heavy atom. The van der Waals surface area contributed by atoms with Crippen molar-refractivity contribution in [3.8, 4) is 6.07 Å². The number of benzene rings is 1. The number of hydrogen-bond acceptors (Lipinski definition) is 3. The fraction of sp³-hybridized carbons (Fsp3) is 0.462. The molecule has 1 aromatic carbocycles. The molecule has 1 rings (SSSR count). The third-order valence-electron chi connectivity index (χ3n) is 2.65. The van der Waals surface area contributed by atoms with Gasteiger partial charge in [-0.15, -0.1) is 0 Å². The lowest BCUT2D eigenvalue weighted by Crippen LogP contribution is -2.27. The fourth-order valence-electron chi connectivity index (χ4n) is 1.65. The summed E-state index contributed by atoms with van der Waals surface area (Å²) in [6, 6.07) is 10.1. The molecule has 0 aliphatic heterocycles. The van der Waals surface area contributed by atoms with Gasteiger partial charge >= 0.3 is 0 Å². The first kappa shape index (κ1) is 12.5. The van der Waals surface area contributed by atoms with E-state index in [1.165, 1.54) is 0 Å². The minimum absolute atomic E-state index is 0.0601. The largest absolute Gasteiger partial charge is 0.398 e. The van der Waals surface area contributed by atoms with E-state index in [2.05, 4.69) is 17.9 Å². The van der Waals surface area contributed by atoms with Gasteiger partial charge < -0.3 is 5.73 Å². The molecule has 0 spiro atoms. The van der Waals surface area contributed by atoms with Gasteiger partial charge in [0.1, 0.15) is 0 Å². The summed E-state index contributed by atoms with van der Waals surface area (Å²) in [7, 11) is 0. The molecule has 86 valence electrons. The van der Waals surface area contributed by atoms with Crippen molar-refractivity contribution < 1.29 is 0 Å². The van der Waals surface area contributed by atoms with Crippen LogP contribution in [0.15, 0.2) is 24.3 Å². The zero-order valence-corrected chi connectivity index (χ0v) is 9.98. The van der Waals surface area contributed by atoms with Crippen LogP contribution in [0.3, 0.4) is 0 Å². The molecule has 1 atom stereocenters. The highest BCUT2D eigenvalue weighted by Crippen LogP contribution is 2.14. The van der Waals surface area contributed by atoms with Crippen LogP contribution in [0.2, 0.25) is 0 Å². The Labute approximate surface area is 97.5 Å². The summed E-state index contributed by atoms with van der Waals surface area (Å²) < 4.78 is 0. The van der Waals surface area contributed by atoms with E-state index < -0.39 is 0 Å². The maximum absolute atomic E-state index is 8.80. The molecule has 0 radical (unpaired) electrons. The molecular weight excluding hydrogens is 198 g/mol. The summed E-state index contributed by atoms with van der Waals surface area (Å²) in [5, 5.41) is 8.80. The number of anilines is 1. The molecule has 2 N–H and O–H groups in total. The van der Waals surface area contributed by atoms with Gasteiger partial charge in [0.15, 0.2) is 0 Å². The van der Waals surface area contributed by atoms with E-state index in [1.807, 2.05) is 31.2 Å². The Bertz CT molecular complexity index is 368. The Hall–Kier alpha value is -1.53. The predicted molar refractivity (Wildman–Crippen MR) is 66.6 cm³/mol. The topological polar surface area (TPSA) is 53.0 Å². The Kier molecular flexibility index (Phi) is 4.81. The second-order valence-corrected chi connectivity index (χ2v) is 4.06. The van der Waals surface area contributed by atoms with E-state index in [-0.39, 0.29) is 5.92 Å². The molecule has 1 unspecified atom stereocenters.